The number of alkyl carbamates (subject to hydrolysis) is 1. The topological polar surface area (TPSA) is 120 Å². The van der Waals surface area contributed by atoms with Crippen molar-refractivity contribution in [3.63, 3.8) is 0 Å². The van der Waals surface area contributed by atoms with E-state index in [9.17, 15) is 19.5 Å². The third-order valence-corrected chi connectivity index (χ3v) is 6.64. The van der Waals surface area contributed by atoms with Crippen LogP contribution in [0.25, 0.3) is 10.9 Å². The maximum atomic E-state index is 12.0. The molecule has 9 heteroatoms. The van der Waals surface area contributed by atoms with Crippen LogP contribution in [0.4, 0.5) is 4.79 Å². The van der Waals surface area contributed by atoms with Crippen LogP contribution in [0.3, 0.4) is 0 Å². The number of fused-ring (bicyclic) bond motifs is 1. The number of Topliss-reactive ketones (excluding diaryl/α,β-unsaturated/α-hetero) is 1. The number of rotatable bonds is 10. The van der Waals surface area contributed by atoms with Gasteiger partial charge in [0, 0.05) is 47.7 Å². The zero-order valence-electron chi connectivity index (χ0n) is 24.7. The Morgan fingerprint density at radius 2 is 1.85 bits per heavy atom. The van der Waals surface area contributed by atoms with E-state index in [1.54, 1.807) is 19.9 Å². The Hall–Kier alpha value is -4.01. The van der Waals surface area contributed by atoms with Crippen LogP contribution in [0, 0.1) is 12.8 Å². The molecule has 1 amide bonds. The number of aromatic nitrogens is 1. The second-order valence-electron chi connectivity index (χ2n) is 10.1. The number of methoxy groups -OCH3 is 1. The minimum atomic E-state index is -0.821. The smallest absolute Gasteiger partial charge is 0.410 e. The normalized spacial score (nSPS) is 12.6. The van der Waals surface area contributed by atoms with Gasteiger partial charge < -0.3 is 23.6 Å². The van der Waals surface area contributed by atoms with Gasteiger partial charge in [-0.1, -0.05) is 33.8 Å². The summed E-state index contributed by atoms with van der Waals surface area (Å²) >= 11 is 0. The Balaban J connectivity index is 0.000000302. The van der Waals surface area contributed by atoms with Gasteiger partial charge in [0.05, 0.1) is 13.2 Å². The number of amides is 1. The van der Waals surface area contributed by atoms with Crippen LogP contribution in [0.15, 0.2) is 51.8 Å². The monoisotopic (exact) mass is 554 g/mol. The average molecular weight is 555 g/mol. The van der Waals surface area contributed by atoms with Crippen molar-refractivity contribution in [2.45, 2.75) is 72.8 Å². The molecule has 2 aromatic heterocycles. The molecule has 1 aromatic carbocycles. The van der Waals surface area contributed by atoms with Crippen molar-refractivity contribution in [1.29, 1.82) is 0 Å². The van der Waals surface area contributed by atoms with Gasteiger partial charge in [0.2, 0.25) is 0 Å². The average Bonchev–Trinajstić information content (AvgIpc) is 3.19. The van der Waals surface area contributed by atoms with Crippen molar-refractivity contribution in [2.24, 2.45) is 13.0 Å². The fourth-order valence-electron chi connectivity index (χ4n) is 3.87. The fraction of sp³-hybridized carbons (Fsp3) is 0.452. The highest BCUT2D eigenvalue weighted by Crippen LogP contribution is 2.26. The van der Waals surface area contributed by atoms with E-state index in [2.05, 4.69) is 60.6 Å². The minimum absolute atomic E-state index is 0.144. The summed E-state index contributed by atoms with van der Waals surface area (Å²) in [5.41, 5.74) is 1.41. The summed E-state index contributed by atoms with van der Waals surface area (Å²) in [7, 11) is 3.36. The van der Waals surface area contributed by atoms with Crippen LogP contribution >= 0.6 is 0 Å². The van der Waals surface area contributed by atoms with Crippen molar-refractivity contribution in [1.82, 2.24) is 9.88 Å². The van der Waals surface area contributed by atoms with Crippen LogP contribution in [0.5, 0.6) is 11.5 Å². The zero-order valence-corrected chi connectivity index (χ0v) is 24.7. The van der Waals surface area contributed by atoms with E-state index < -0.39 is 23.4 Å². The molecule has 0 fully saturated rings. The van der Waals surface area contributed by atoms with Crippen LogP contribution in [0.1, 0.15) is 81.6 Å². The molecule has 0 bridgehead atoms. The SMILES string of the molecule is CCC(C)Oc1ccc2c(c1)cc(C)n2C.COC(=O)N/C=C/CCC(C)c1cc(O)c(C(=O)C(C)C)c(=O)o1. The van der Waals surface area contributed by atoms with E-state index in [1.807, 2.05) is 13.0 Å². The summed E-state index contributed by atoms with van der Waals surface area (Å²) in [6.07, 6.45) is 5.20. The Morgan fingerprint density at radius 1 is 1.15 bits per heavy atom. The van der Waals surface area contributed by atoms with Gasteiger partial charge in [-0.2, -0.15) is 0 Å². The van der Waals surface area contributed by atoms with Crippen LogP contribution < -0.4 is 15.7 Å². The first-order valence-electron chi connectivity index (χ1n) is 13.5. The third-order valence-electron chi connectivity index (χ3n) is 6.64. The van der Waals surface area contributed by atoms with Gasteiger partial charge in [0.1, 0.15) is 22.8 Å². The van der Waals surface area contributed by atoms with Gasteiger partial charge in [-0.15, -0.1) is 0 Å². The minimum Gasteiger partial charge on any atom is -0.507 e. The number of aryl methyl sites for hydroxylation is 2. The molecule has 2 unspecified atom stereocenters. The van der Waals surface area contributed by atoms with E-state index in [4.69, 9.17) is 9.15 Å². The van der Waals surface area contributed by atoms with Crippen molar-refractivity contribution in [3.05, 3.63) is 70.0 Å². The fourth-order valence-corrected chi connectivity index (χ4v) is 3.87. The van der Waals surface area contributed by atoms with E-state index in [0.717, 1.165) is 12.2 Å². The summed E-state index contributed by atoms with van der Waals surface area (Å²) < 4.78 is 17.6. The number of hydrogen-bond acceptors (Lipinski definition) is 7. The van der Waals surface area contributed by atoms with Crippen LogP contribution in [-0.2, 0) is 11.8 Å². The second kappa shape index (κ2) is 15.0. The van der Waals surface area contributed by atoms with E-state index in [1.165, 1.54) is 36.0 Å². The predicted molar refractivity (Wildman–Crippen MR) is 156 cm³/mol. The highest BCUT2D eigenvalue weighted by Gasteiger charge is 2.22. The molecule has 2 N–H and O–H groups in total. The van der Waals surface area contributed by atoms with Crippen LogP contribution in [-0.4, -0.2) is 34.8 Å². The quantitative estimate of drug-likeness (QED) is 0.271. The lowest BCUT2D eigenvalue weighted by atomic mass is 9.99. The first-order chi connectivity index (χ1) is 18.9. The zero-order chi connectivity index (χ0) is 30.0. The Morgan fingerprint density at radius 3 is 2.45 bits per heavy atom. The number of nitrogens with zero attached hydrogens (tertiary/aromatic N) is 1. The molecule has 2 heterocycles. The number of ether oxygens (including phenoxy) is 2. The summed E-state index contributed by atoms with van der Waals surface area (Å²) in [5.74, 6) is -0.0735. The first-order valence-corrected chi connectivity index (χ1v) is 13.5. The lowest BCUT2D eigenvalue weighted by Crippen LogP contribution is -2.19. The summed E-state index contributed by atoms with van der Waals surface area (Å²) in [5, 5.41) is 13.6. The second-order valence-corrected chi connectivity index (χ2v) is 10.1. The molecule has 3 rings (SSSR count). The number of ketones is 1. The largest absolute Gasteiger partial charge is 0.507 e. The van der Waals surface area contributed by atoms with Crippen molar-refractivity contribution < 1.29 is 28.6 Å². The third kappa shape index (κ3) is 8.76. The maximum absolute atomic E-state index is 12.0. The molecule has 218 valence electrons. The molecule has 0 aliphatic heterocycles. The number of carbonyl (C=O) groups is 2. The molecular formula is C31H42N2O7. The number of allylic oxidation sites excluding steroid dienone is 1. The van der Waals surface area contributed by atoms with Gasteiger partial charge in [0.25, 0.3) is 0 Å². The summed E-state index contributed by atoms with van der Waals surface area (Å²) in [6, 6.07) is 9.80. The summed E-state index contributed by atoms with van der Waals surface area (Å²) in [4.78, 5) is 34.7. The number of benzene rings is 1. The van der Waals surface area contributed by atoms with Gasteiger partial charge in [0.15, 0.2) is 5.78 Å². The van der Waals surface area contributed by atoms with Gasteiger partial charge >= 0.3 is 11.7 Å². The number of hydrogen-bond donors (Lipinski definition) is 2. The van der Waals surface area contributed by atoms with Crippen LogP contribution in [0.2, 0.25) is 0 Å². The Kier molecular flexibility index (Phi) is 12.0. The molecule has 2 atom stereocenters. The molecule has 0 saturated carbocycles. The van der Waals surface area contributed by atoms with E-state index in [-0.39, 0.29) is 23.3 Å². The van der Waals surface area contributed by atoms with E-state index >= 15 is 0 Å². The number of carbonyl (C=O) groups excluding carboxylic acids is 2. The standard InChI is InChI=1S/C17H23NO6.C14H19NO/c1-10(2)15(20)14-12(19)9-13(24-16(14)21)11(3)7-5-6-8-18-17(22)23-4;1-5-11(3)16-13-6-7-14-12(9-13)8-10(2)15(14)4/h6,8-11,19H,5,7H2,1-4H3,(H,18,22);6-9,11H,5H2,1-4H3/b8-6+;. The van der Waals surface area contributed by atoms with Crippen molar-refractivity contribution in [2.75, 3.05) is 7.11 Å². The lowest BCUT2D eigenvalue weighted by Gasteiger charge is -2.12. The van der Waals surface area contributed by atoms with Crippen molar-refractivity contribution >= 4 is 22.8 Å². The molecule has 0 saturated heterocycles. The molecule has 3 aromatic rings. The molecule has 0 radical (unpaired) electrons. The lowest BCUT2D eigenvalue weighted by molar-refractivity contribution is 0.0931. The van der Waals surface area contributed by atoms with Gasteiger partial charge in [-0.05, 0) is 57.4 Å². The molecule has 0 aliphatic rings. The number of aromatic hydroxyl groups is 1. The maximum Gasteiger partial charge on any atom is 0.410 e. The Labute approximate surface area is 235 Å². The molecule has 0 aliphatic carbocycles. The molecule has 9 nitrogen and oxygen atoms in total. The molecular weight excluding hydrogens is 512 g/mol. The molecule has 40 heavy (non-hydrogen) atoms. The highest BCUT2D eigenvalue weighted by molar-refractivity contribution is 5.99. The van der Waals surface area contributed by atoms with Gasteiger partial charge in [-0.25, -0.2) is 9.59 Å². The highest BCUT2D eigenvalue weighted by atomic mass is 16.5. The first kappa shape index (κ1) is 32.2. The Bertz CT molecular complexity index is 1380. The van der Waals surface area contributed by atoms with Crippen molar-refractivity contribution in [3.8, 4) is 11.5 Å². The predicted octanol–water partition coefficient (Wildman–Crippen LogP) is 6.60. The molecule has 0 spiro atoms. The summed E-state index contributed by atoms with van der Waals surface area (Å²) in [6.45, 7) is 11.5. The van der Waals surface area contributed by atoms with E-state index in [0.29, 0.717) is 18.6 Å². The van der Waals surface area contributed by atoms with Gasteiger partial charge in [-0.3, -0.25) is 10.1 Å². The number of nitrogens with one attached hydrogen (secondary N) is 1.